The molecule has 36 heavy (non-hydrogen) atoms. The van der Waals surface area contributed by atoms with Gasteiger partial charge >= 0.3 is 0 Å². The highest BCUT2D eigenvalue weighted by Crippen LogP contribution is 2.25. The second-order valence-electron chi connectivity index (χ2n) is 8.74. The van der Waals surface area contributed by atoms with E-state index in [1.807, 2.05) is 25.1 Å². The summed E-state index contributed by atoms with van der Waals surface area (Å²) < 4.78 is 62.8. The van der Waals surface area contributed by atoms with E-state index in [0.717, 1.165) is 29.5 Å². The Kier molecular flexibility index (Phi) is 7.90. The van der Waals surface area contributed by atoms with Crippen molar-refractivity contribution in [2.75, 3.05) is 6.61 Å². The van der Waals surface area contributed by atoms with Gasteiger partial charge < -0.3 is 4.74 Å². The molecule has 0 aliphatic rings. The SMILES string of the molecule is CCCOc1ccc(CCc2ccc3c(F)c(CCc4cc(F)c(C#N)c(F)c4)ccc3c2)c(F)c1. The number of ether oxygens (including phenoxy) is 1. The zero-order valence-electron chi connectivity index (χ0n) is 19.9. The Morgan fingerprint density at radius 1 is 0.722 bits per heavy atom. The number of hydrogen-bond acceptors (Lipinski definition) is 2. The lowest BCUT2D eigenvalue weighted by Gasteiger charge is -2.10. The molecule has 6 heteroatoms. The van der Waals surface area contributed by atoms with Crippen molar-refractivity contribution < 1.29 is 22.3 Å². The van der Waals surface area contributed by atoms with Crippen molar-refractivity contribution in [2.45, 2.75) is 39.0 Å². The number of aryl methyl sites for hydroxylation is 4. The highest BCUT2D eigenvalue weighted by atomic mass is 19.1. The summed E-state index contributed by atoms with van der Waals surface area (Å²) in [4.78, 5) is 0. The van der Waals surface area contributed by atoms with E-state index in [9.17, 15) is 13.2 Å². The monoisotopic (exact) mass is 491 g/mol. The number of hydrogen-bond donors (Lipinski definition) is 0. The number of nitrogens with zero attached hydrogens (tertiary/aromatic N) is 1. The Labute approximate surface area is 207 Å². The second-order valence-corrected chi connectivity index (χ2v) is 8.74. The predicted molar refractivity (Wildman–Crippen MR) is 132 cm³/mol. The van der Waals surface area contributed by atoms with Crippen LogP contribution >= 0.6 is 0 Å². The molecule has 0 aliphatic carbocycles. The summed E-state index contributed by atoms with van der Waals surface area (Å²) in [6.45, 7) is 2.53. The number of halogens is 4. The molecule has 0 saturated heterocycles. The Morgan fingerprint density at radius 2 is 1.42 bits per heavy atom. The third-order valence-corrected chi connectivity index (χ3v) is 6.18. The summed E-state index contributed by atoms with van der Waals surface area (Å²) in [6, 6.07) is 17.6. The van der Waals surface area contributed by atoms with Crippen LogP contribution in [-0.2, 0) is 25.7 Å². The van der Waals surface area contributed by atoms with E-state index in [0.29, 0.717) is 47.3 Å². The first-order chi connectivity index (χ1) is 17.4. The molecule has 0 radical (unpaired) electrons. The topological polar surface area (TPSA) is 33.0 Å². The van der Waals surface area contributed by atoms with Crippen molar-refractivity contribution in [1.29, 1.82) is 5.26 Å². The molecule has 0 saturated carbocycles. The number of benzene rings is 4. The normalized spacial score (nSPS) is 11.0. The highest BCUT2D eigenvalue weighted by molar-refractivity contribution is 5.84. The van der Waals surface area contributed by atoms with Crippen molar-refractivity contribution in [2.24, 2.45) is 0 Å². The van der Waals surface area contributed by atoms with Crippen molar-refractivity contribution in [1.82, 2.24) is 0 Å². The molecule has 0 amide bonds. The minimum absolute atomic E-state index is 0.230. The van der Waals surface area contributed by atoms with Gasteiger partial charge in [0.25, 0.3) is 0 Å². The van der Waals surface area contributed by atoms with Crippen LogP contribution < -0.4 is 4.74 Å². The molecule has 0 heterocycles. The Bertz CT molecular complexity index is 1420. The Hall–Kier alpha value is -3.85. The van der Waals surface area contributed by atoms with Crippen LogP contribution in [0.5, 0.6) is 5.75 Å². The van der Waals surface area contributed by atoms with E-state index in [-0.39, 0.29) is 24.5 Å². The average Bonchev–Trinajstić information content (AvgIpc) is 2.86. The fourth-order valence-electron chi connectivity index (χ4n) is 4.21. The summed E-state index contributed by atoms with van der Waals surface area (Å²) >= 11 is 0. The van der Waals surface area contributed by atoms with Crippen molar-refractivity contribution in [3.05, 3.63) is 112 Å². The van der Waals surface area contributed by atoms with Crippen molar-refractivity contribution in [3.63, 3.8) is 0 Å². The van der Waals surface area contributed by atoms with Crippen LogP contribution in [0.4, 0.5) is 17.6 Å². The Morgan fingerprint density at radius 3 is 2.11 bits per heavy atom. The maximum atomic E-state index is 15.2. The summed E-state index contributed by atoms with van der Waals surface area (Å²) in [6.07, 6.45) is 2.44. The molecule has 0 aliphatic heterocycles. The molecule has 2 nitrogen and oxygen atoms in total. The molecule has 184 valence electrons. The van der Waals surface area contributed by atoms with E-state index in [4.69, 9.17) is 10.00 Å². The molecule has 0 atom stereocenters. The van der Waals surface area contributed by atoms with Crippen LogP contribution in [0.2, 0.25) is 0 Å². The van der Waals surface area contributed by atoms with Crippen LogP contribution in [0.1, 0.15) is 41.2 Å². The Balaban J connectivity index is 1.44. The van der Waals surface area contributed by atoms with E-state index in [2.05, 4.69) is 0 Å². The van der Waals surface area contributed by atoms with Gasteiger partial charge in [0, 0.05) is 11.5 Å². The largest absolute Gasteiger partial charge is 0.494 e. The van der Waals surface area contributed by atoms with Crippen LogP contribution in [-0.4, -0.2) is 6.61 Å². The van der Waals surface area contributed by atoms with E-state index in [1.165, 1.54) is 12.1 Å². The number of fused-ring (bicyclic) bond motifs is 1. The zero-order chi connectivity index (χ0) is 25.7. The van der Waals surface area contributed by atoms with Gasteiger partial charge in [0.15, 0.2) is 0 Å². The summed E-state index contributed by atoms with van der Waals surface area (Å²) in [5.74, 6) is -1.99. The molecule has 4 aromatic rings. The van der Waals surface area contributed by atoms with Crippen molar-refractivity contribution >= 4 is 10.8 Å². The first-order valence-electron chi connectivity index (χ1n) is 11.9. The van der Waals surface area contributed by atoms with Gasteiger partial charge in [0.2, 0.25) is 0 Å². The van der Waals surface area contributed by atoms with Crippen LogP contribution in [0.25, 0.3) is 10.8 Å². The third-order valence-electron chi connectivity index (χ3n) is 6.18. The molecule has 0 N–H and O–H groups in total. The average molecular weight is 492 g/mol. The summed E-state index contributed by atoms with van der Waals surface area (Å²) in [5.41, 5.74) is 1.73. The van der Waals surface area contributed by atoms with Crippen molar-refractivity contribution in [3.8, 4) is 11.8 Å². The first-order valence-corrected chi connectivity index (χ1v) is 11.9. The fraction of sp³-hybridized carbons (Fsp3) is 0.233. The maximum absolute atomic E-state index is 15.2. The number of rotatable bonds is 9. The van der Waals surface area contributed by atoms with Gasteiger partial charge in [0.1, 0.15) is 40.7 Å². The maximum Gasteiger partial charge on any atom is 0.144 e. The second kappa shape index (κ2) is 11.3. The smallest absolute Gasteiger partial charge is 0.144 e. The first kappa shape index (κ1) is 25.2. The zero-order valence-corrected chi connectivity index (χ0v) is 19.9. The quantitative estimate of drug-likeness (QED) is 0.226. The lowest BCUT2D eigenvalue weighted by Crippen LogP contribution is -2.00. The molecular formula is C30H25F4NO. The van der Waals surface area contributed by atoms with Gasteiger partial charge in [-0.05, 0) is 77.9 Å². The number of nitriles is 1. The lowest BCUT2D eigenvalue weighted by atomic mass is 9.97. The van der Waals surface area contributed by atoms with Gasteiger partial charge in [-0.1, -0.05) is 43.3 Å². The lowest BCUT2D eigenvalue weighted by molar-refractivity contribution is 0.315. The third kappa shape index (κ3) is 5.68. The highest BCUT2D eigenvalue weighted by Gasteiger charge is 2.13. The standard InChI is InChI=1S/C30H25F4NO/c1-2-13-36-24-11-10-21(27(31)17-24)6-3-19-5-12-25-23(14-19)9-8-22(30(25)34)7-4-20-15-28(32)26(18-35)29(33)16-20/h5,8-12,14-17H,2-4,6-7,13H2,1H3. The van der Waals surface area contributed by atoms with Gasteiger partial charge in [-0.15, -0.1) is 0 Å². The van der Waals surface area contributed by atoms with Crippen LogP contribution in [0, 0.1) is 34.6 Å². The van der Waals surface area contributed by atoms with Gasteiger partial charge in [-0.25, -0.2) is 17.6 Å². The molecule has 0 aromatic heterocycles. The molecule has 4 aromatic carbocycles. The van der Waals surface area contributed by atoms with Gasteiger partial charge in [0.05, 0.1) is 6.61 Å². The summed E-state index contributed by atoms with van der Waals surface area (Å²) in [5, 5.41) is 9.98. The molecule has 0 unspecified atom stereocenters. The molecule has 4 rings (SSSR count). The minimum atomic E-state index is -0.917. The fourth-order valence-corrected chi connectivity index (χ4v) is 4.21. The van der Waals surface area contributed by atoms with E-state index in [1.54, 1.807) is 24.3 Å². The van der Waals surface area contributed by atoms with Gasteiger partial charge in [-0.3, -0.25) is 0 Å². The van der Waals surface area contributed by atoms with Crippen LogP contribution in [0.15, 0.2) is 60.7 Å². The molecule has 0 fully saturated rings. The molecule has 0 spiro atoms. The minimum Gasteiger partial charge on any atom is -0.494 e. The van der Waals surface area contributed by atoms with E-state index < -0.39 is 17.2 Å². The van der Waals surface area contributed by atoms with Crippen LogP contribution in [0.3, 0.4) is 0 Å². The molecular weight excluding hydrogens is 466 g/mol. The van der Waals surface area contributed by atoms with E-state index >= 15 is 4.39 Å². The van der Waals surface area contributed by atoms with Gasteiger partial charge in [-0.2, -0.15) is 5.26 Å². The molecule has 0 bridgehead atoms. The predicted octanol–water partition coefficient (Wildman–Crippen LogP) is 7.63. The summed E-state index contributed by atoms with van der Waals surface area (Å²) in [7, 11) is 0.